The van der Waals surface area contributed by atoms with Crippen molar-refractivity contribution < 1.29 is 19.4 Å². The van der Waals surface area contributed by atoms with Gasteiger partial charge in [-0.25, -0.2) is 0 Å². The van der Waals surface area contributed by atoms with Crippen LogP contribution in [0, 0.1) is 0 Å². The number of nitrogens with one attached hydrogen (secondary N) is 2. The Morgan fingerprint density at radius 3 is 2.95 bits per heavy atom. The van der Waals surface area contributed by atoms with Crippen LogP contribution in [0.4, 0.5) is 5.69 Å². The second-order valence-corrected chi connectivity index (χ2v) is 5.48. The average molecular weight is 290 g/mol. The predicted molar refractivity (Wildman–Crippen MR) is 76.3 cm³/mol. The van der Waals surface area contributed by atoms with Gasteiger partial charge < -0.3 is 20.5 Å². The zero-order valence-corrected chi connectivity index (χ0v) is 11.6. The minimum atomic E-state index is -0.476. The summed E-state index contributed by atoms with van der Waals surface area (Å²) in [5, 5.41) is 15.4. The molecule has 0 saturated heterocycles. The molecular weight excluding hydrogens is 272 g/mol. The van der Waals surface area contributed by atoms with Crippen LogP contribution in [0.2, 0.25) is 0 Å². The Labute approximate surface area is 122 Å². The van der Waals surface area contributed by atoms with Crippen molar-refractivity contribution in [2.45, 2.75) is 37.8 Å². The molecule has 1 aromatic carbocycles. The molecule has 3 N–H and O–H groups in total. The molecule has 2 atom stereocenters. The molecular formula is C15H18N2O4. The van der Waals surface area contributed by atoms with Crippen molar-refractivity contribution in [1.29, 1.82) is 0 Å². The van der Waals surface area contributed by atoms with Crippen LogP contribution in [-0.4, -0.2) is 35.7 Å². The van der Waals surface area contributed by atoms with Gasteiger partial charge in [-0.15, -0.1) is 0 Å². The maximum Gasteiger partial charge on any atom is 0.262 e. The highest BCUT2D eigenvalue weighted by Crippen LogP contribution is 2.28. The Morgan fingerprint density at radius 1 is 1.33 bits per heavy atom. The monoisotopic (exact) mass is 290 g/mol. The molecule has 1 heterocycles. The molecule has 3 rings (SSSR count). The Bertz CT molecular complexity index is 573. The first-order valence-corrected chi connectivity index (χ1v) is 7.19. The van der Waals surface area contributed by atoms with Crippen LogP contribution in [0.15, 0.2) is 18.2 Å². The molecule has 0 bridgehead atoms. The van der Waals surface area contributed by atoms with E-state index in [9.17, 15) is 14.7 Å². The molecule has 1 aromatic rings. The Kier molecular flexibility index (Phi) is 3.79. The van der Waals surface area contributed by atoms with Gasteiger partial charge in [0.15, 0.2) is 6.61 Å². The van der Waals surface area contributed by atoms with Crippen LogP contribution in [0.5, 0.6) is 5.75 Å². The van der Waals surface area contributed by atoms with Crippen molar-refractivity contribution in [2.24, 2.45) is 0 Å². The van der Waals surface area contributed by atoms with Crippen molar-refractivity contribution in [3.05, 3.63) is 23.8 Å². The van der Waals surface area contributed by atoms with Gasteiger partial charge in [0.1, 0.15) is 5.75 Å². The van der Waals surface area contributed by atoms with Crippen molar-refractivity contribution >= 4 is 17.5 Å². The fourth-order valence-electron chi connectivity index (χ4n) is 2.75. The third-order valence-corrected chi connectivity index (χ3v) is 3.92. The molecule has 0 spiro atoms. The first-order valence-electron chi connectivity index (χ1n) is 7.19. The molecule has 1 aliphatic carbocycles. The predicted octanol–water partition coefficient (Wildman–Crippen LogP) is 1.05. The van der Waals surface area contributed by atoms with E-state index >= 15 is 0 Å². The molecule has 6 heteroatoms. The zero-order valence-electron chi connectivity index (χ0n) is 11.6. The highest BCUT2D eigenvalue weighted by molar-refractivity contribution is 5.99. The summed E-state index contributed by atoms with van der Waals surface area (Å²) in [7, 11) is 0. The number of rotatable bonds is 2. The van der Waals surface area contributed by atoms with E-state index in [2.05, 4.69) is 10.6 Å². The van der Waals surface area contributed by atoms with Crippen molar-refractivity contribution in [3.63, 3.8) is 0 Å². The number of fused-ring (bicyclic) bond motifs is 1. The quantitative estimate of drug-likeness (QED) is 0.759. The minimum absolute atomic E-state index is 0.0423. The Balaban J connectivity index is 1.71. The molecule has 1 fully saturated rings. The number of hydrogen-bond acceptors (Lipinski definition) is 4. The standard InChI is InChI=1S/C15H18N2O4/c18-12-4-2-1-3-10(12)17-15(20)9-5-6-11-13(7-9)21-8-14(19)16-11/h5-7,10,12,18H,1-4,8H2,(H,16,19)(H,17,20)/t10-,12-/m1/s1. The number of amides is 2. The third kappa shape index (κ3) is 3.00. The van der Waals surface area contributed by atoms with Gasteiger partial charge in [-0.05, 0) is 31.0 Å². The highest BCUT2D eigenvalue weighted by atomic mass is 16.5. The largest absolute Gasteiger partial charge is 0.482 e. The Hall–Kier alpha value is -2.08. The van der Waals surface area contributed by atoms with Crippen LogP contribution in [-0.2, 0) is 4.79 Å². The molecule has 0 aromatic heterocycles. The summed E-state index contributed by atoms with van der Waals surface area (Å²) in [6, 6.07) is 4.71. The van der Waals surface area contributed by atoms with E-state index in [0.29, 0.717) is 17.0 Å². The number of carbonyl (C=O) groups is 2. The lowest BCUT2D eigenvalue weighted by molar-refractivity contribution is -0.118. The van der Waals surface area contributed by atoms with Gasteiger partial charge in [0.05, 0.1) is 17.8 Å². The third-order valence-electron chi connectivity index (χ3n) is 3.92. The molecule has 2 amide bonds. The summed E-state index contributed by atoms with van der Waals surface area (Å²) < 4.78 is 5.30. The number of aliphatic hydroxyl groups excluding tert-OH is 1. The Morgan fingerprint density at radius 2 is 2.14 bits per heavy atom. The number of carbonyl (C=O) groups excluding carboxylic acids is 2. The summed E-state index contributed by atoms with van der Waals surface area (Å²) in [6.07, 6.45) is 3.06. The first-order chi connectivity index (χ1) is 10.1. The molecule has 1 saturated carbocycles. The molecule has 6 nitrogen and oxygen atoms in total. The van der Waals surface area contributed by atoms with Crippen molar-refractivity contribution in [1.82, 2.24) is 5.32 Å². The topological polar surface area (TPSA) is 87.7 Å². The smallest absolute Gasteiger partial charge is 0.262 e. The number of ether oxygens (including phenoxy) is 1. The number of anilines is 1. The van der Waals surface area contributed by atoms with Gasteiger partial charge in [-0.3, -0.25) is 9.59 Å². The van der Waals surface area contributed by atoms with Crippen LogP contribution in [0.1, 0.15) is 36.0 Å². The van der Waals surface area contributed by atoms with Gasteiger partial charge in [-0.1, -0.05) is 12.8 Å². The lowest BCUT2D eigenvalue weighted by Gasteiger charge is -2.28. The zero-order chi connectivity index (χ0) is 14.8. The summed E-state index contributed by atoms with van der Waals surface area (Å²) >= 11 is 0. The highest BCUT2D eigenvalue weighted by Gasteiger charge is 2.25. The lowest BCUT2D eigenvalue weighted by atomic mass is 9.92. The molecule has 1 aliphatic heterocycles. The molecule has 21 heavy (non-hydrogen) atoms. The molecule has 0 radical (unpaired) electrons. The van der Waals surface area contributed by atoms with E-state index in [0.717, 1.165) is 25.7 Å². The van der Waals surface area contributed by atoms with E-state index in [1.165, 1.54) is 0 Å². The van der Waals surface area contributed by atoms with Gasteiger partial charge >= 0.3 is 0 Å². The van der Waals surface area contributed by atoms with Crippen LogP contribution in [0.3, 0.4) is 0 Å². The van der Waals surface area contributed by atoms with Crippen LogP contribution < -0.4 is 15.4 Å². The minimum Gasteiger partial charge on any atom is -0.482 e. The van der Waals surface area contributed by atoms with E-state index in [1.54, 1.807) is 18.2 Å². The lowest BCUT2D eigenvalue weighted by Crippen LogP contribution is -2.45. The van der Waals surface area contributed by atoms with Crippen molar-refractivity contribution in [3.8, 4) is 5.75 Å². The maximum atomic E-state index is 12.2. The second kappa shape index (κ2) is 5.73. The number of aliphatic hydroxyl groups is 1. The number of hydrogen-bond donors (Lipinski definition) is 3. The van der Waals surface area contributed by atoms with Gasteiger partial charge in [0, 0.05) is 5.56 Å². The van der Waals surface area contributed by atoms with Gasteiger partial charge in [-0.2, -0.15) is 0 Å². The fraction of sp³-hybridized carbons (Fsp3) is 0.467. The average Bonchev–Trinajstić information content (AvgIpc) is 2.49. The SMILES string of the molecule is O=C1COc2cc(C(=O)N[C@@H]3CCCC[C@H]3O)ccc2N1. The van der Waals surface area contributed by atoms with Crippen LogP contribution in [0.25, 0.3) is 0 Å². The molecule has 112 valence electrons. The van der Waals surface area contributed by atoms with E-state index in [-0.39, 0.29) is 24.5 Å². The van der Waals surface area contributed by atoms with Gasteiger partial charge in [0.2, 0.25) is 0 Å². The summed E-state index contributed by atoms with van der Waals surface area (Å²) in [5.41, 5.74) is 1.03. The van der Waals surface area contributed by atoms with E-state index in [1.807, 2.05) is 0 Å². The normalized spacial score (nSPS) is 24.5. The van der Waals surface area contributed by atoms with E-state index < -0.39 is 6.10 Å². The summed E-state index contributed by atoms with van der Waals surface area (Å²) in [4.78, 5) is 23.4. The maximum absolute atomic E-state index is 12.2. The second-order valence-electron chi connectivity index (χ2n) is 5.48. The number of benzene rings is 1. The van der Waals surface area contributed by atoms with E-state index in [4.69, 9.17) is 4.74 Å². The van der Waals surface area contributed by atoms with Crippen LogP contribution >= 0.6 is 0 Å². The van der Waals surface area contributed by atoms with Crippen molar-refractivity contribution in [2.75, 3.05) is 11.9 Å². The fourth-order valence-corrected chi connectivity index (χ4v) is 2.75. The molecule has 0 unspecified atom stereocenters. The summed E-state index contributed by atoms with van der Waals surface area (Å²) in [5.74, 6) is 0.0562. The summed E-state index contributed by atoms with van der Waals surface area (Å²) in [6.45, 7) is -0.0423. The first kappa shape index (κ1) is 13.9. The molecule has 2 aliphatic rings. The van der Waals surface area contributed by atoms with Gasteiger partial charge in [0.25, 0.3) is 11.8 Å².